The van der Waals surface area contributed by atoms with Gasteiger partial charge >= 0.3 is 0 Å². The van der Waals surface area contributed by atoms with Gasteiger partial charge in [-0.05, 0) is 43.3 Å². The van der Waals surface area contributed by atoms with Gasteiger partial charge in [-0.2, -0.15) is 4.31 Å². The highest BCUT2D eigenvalue weighted by molar-refractivity contribution is 7.89. The van der Waals surface area contributed by atoms with Crippen molar-refractivity contribution in [3.63, 3.8) is 0 Å². The van der Waals surface area contributed by atoms with E-state index in [9.17, 15) is 13.2 Å². The number of carbonyl (C=O) groups excluding carboxylic acids is 1. The highest BCUT2D eigenvalue weighted by Gasteiger charge is 2.26. The lowest BCUT2D eigenvalue weighted by Gasteiger charge is -2.21. The lowest BCUT2D eigenvalue weighted by Crippen LogP contribution is -2.31. The van der Waals surface area contributed by atoms with Crippen LogP contribution in [0.3, 0.4) is 0 Å². The fourth-order valence-corrected chi connectivity index (χ4v) is 5.12. The number of carbonyl (C=O) groups is 1. The van der Waals surface area contributed by atoms with Gasteiger partial charge in [-0.15, -0.1) is 0 Å². The van der Waals surface area contributed by atoms with Crippen LogP contribution in [0.5, 0.6) is 11.5 Å². The molecule has 8 heteroatoms. The van der Waals surface area contributed by atoms with Crippen LogP contribution >= 0.6 is 0 Å². The van der Waals surface area contributed by atoms with Gasteiger partial charge in [0.1, 0.15) is 23.0 Å². The van der Waals surface area contributed by atoms with Crippen LogP contribution < -0.4 is 14.8 Å². The molecule has 3 aromatic carbocycles. The summed E-state index contributed by atoms with van der Waals surface area (Å²) in [6.45, 7) is 6.55. The molecule has 0 aromatic heterocycles. The van der Waals surface area contributed by atoms with E-state index in [1.165, 1.54) is 10.4 Å². The van der Waals surface area contributed by atoms with E-state index in [0.29, 0.717) is 42.3 Å². The summed E-state index contributed by atoms with van der Waals surface area (Å²) in [5.74, 6) is 0.599. The average molecular weight is 483 g/mol. The molecule has 0 radical (unpaired) electrons. The molecule has 3 aromatic rings. The van der Waals surface area contributed by atoms with Crippen molar-refractivity contribution in [2.24, 2.45) is 0 Å². The Balaban J connectivity index is 1.87. The largest absolute Gasteiger partial charge is 0.492 e. The van der Waals surface area contributed by atoms with Gasteiger partial charge in [-0.1, -0.05) is 50.2 Å². The molecular formula is C26H30N2O5S. The van der Waals surface area contributed by atoms with E-state index >= 15 is 0 Å². The molecule has 0 atom stereocenters. The molecule has 0 unspecified atom stereocenters. The molecule has 0 aliphatic carbocycles. The lowest BCUT2D eigenvalue weighted by atomic mass is 10.1. The SMILES string of the molecule is CCOc1ccc(NC(=O)c2ccccc2COc2ccccc2)cc1S(=O)(=O)N(CC)CC. The summed E-state index contributed by atoms with van der Waals surface area (Å²) in [7, 11) is -3.79. The van der Waals surface area contributed by atoms with Crippen molar-refractivity contribution >= 4 is 21.6 Å². The number of benzene rings is 3. The molecule has 180 valence electrons. The molecule has 34 heavy (non-hydrogen) atoms. The molecule has 0 bridgehead atoms. The predicted octanol–water partition coefficient (Wildman–Crippen LogP) is 4.95. The molecule has 0 heterocycles. The van der Waals surface area contributed by atoms with Gasteiger partial charge in [0, 0.05) is 29.9 Å². The predicted molar refractivity (Wildman–Crippen MR) is 133 cm³/mol. The molecule has 3 rings (SSSR count). The molecule has 0 aliphatic heterocycles. The monoisotopic (exact) mass is 482 g/mol. The lowest BCUT2D eigenvalue weighted by molar-refractivity contribution is 0.102. The summed E-state index contributed by atoms with van der Waals surface area (Å²) in [4.78, 5) is 13.1. The number of nitrogens with one attached hydrogen (secondary N) is 1. The maximum Gasteiger partial charge on any atom is 0.256 e. The van der Waals surface area contributed by atoms with E-state index < -0.39 is 10.0 Å². The zero-order valence-electron chi connectivity index (χ0n) is 19.7. The van der Waals surface area contributed by atoms with Crippen LogP contribution in [-0.4, -0.2) is 38.3 Å². The van der Waals surface area contributed by atoms with Crippen LogP contribution in [0.2, 0.25) is 0 Å². The van der Waals surface area contributed by atoms with Gasteiger partial charge in [0.15, 0.2) is 0 Å². The van der Waals surface area contributed by atoms with Crippen LogP contribution in [-0.2, 0) is 16.6 Å². The van der Waals surface area contributed by atoms with E-state index in [-0.39, 0.29) is 23.2 Å². The number of nitrogens with zero attached hydrogens (tertiary/aromatic N) is 1. The van der Waals surface area contributed by atoms with Crippen LogP contribution in [0.25, 0.3) is 0 Å². The highest BCUT2D eigenvalue weighted by Crippen LogP contribution is 2.30. The first-order chi connectivity index (χ1) is 16.4. The molecule has 1 amide bonds. The van der Waals surface area contributed by atoms with Crippen molar-refractivity contribution in [2.45, 2.75) is 32.3 Å². The molecule has 0 fully saturated rings. The Morgan fingerprint density at radius 1 is 0.882 bits per heavy atom. The fourth-order valence-electron chi connectivity index (χ4n) is 3.51. The van der Waals surface area contributed by atoms with Crippen molar-refractivity contribution in [1.82, 2.24) is 4.31 Å². The Kier molecular flexibility index (Phi) is 8.67. The number of rotatable bonds is 11. The molecular weight excluding hydrogens is 452 g/mol. The quantitative estimate of drug-likeness (QED) is 0.418. The third-order valence-electron chi connectivity index (χ3n) is 5.22. The maximum absolute atomic E-state index is 13.2. The number of sulfonamides is 1. The Morgan fingerprint density at radius 2 is 1.56 bits per heavy atom. The number of hydrogen-bond donors (Lipinski definition) is 1. The van der Waals surface area contributed by atoms with Crippen LogP contribution in [0.15, 0.2) is 77.7 Å². The van der Waals surface area contributed by atoms with E-state index in [1.54, 1.807) is 45.0 Å². The Bertz CT molecular complexity index is 1210. The maximum atomic E-state index is 13.2. The smallest absolute Gasteiger partial charge is 0.256 e. The first kappa shape index (κ1) is 25.3. The zero-order valence-corrected chi connectivity index (χ0v) is 20.5. The van der Waals surface area contributed by atoms with Gasteiger partial charge < -0.3 is 14.8 Å². The minimum Gasteiger partial charge on any atom is -0.492 e. The second-order valence-corrected chi connectivity index (χ2v) is 9.30. The standard InChI is InChI=1S/C26H30N2O5S/c1-4-28(5-2)34(30,31)25-18-21(16-17-24(25)32-6-3)27-26(29)23-15-11-10-12-20(23)19-33-22-13-8-7-9-14-22/h7-18H,4-6,19H2,1-3H3,(H,27,29). The van der Waals surface area contributed by atoms with Crippen molar-refractivity contribution in [3.05, 3.63) is 83.9 Å². The zero-order chi connectivity index (χ0) is 24.6. The summed E-state index contributed by atoms with van der Waals surface area (Å²) in [5, 5.41) is 2.82. The van der Waals surface area contributed by atoms with Crippen LogP contribution in [0.1, 0.15) is 36.7 Å². The van der Waals surface area contributed by atoms with Crippen molar-refractivity contribution < 1.29 is 22.7 Å². The number of amides is 1. The minimum absolute atomic E-state index is 0.0246. The average Bonchev–Trinajstić information content (AvgIpc) is 2.85. The molecule has 0 saturated carbocycles. The van der Waals surface area contributed by atoms with Crippen molar-refractivity contribution in [3.8, 4) is 11.5 Å². The number of hydrogen-bond acceptors (Lipinski definition) is 5. The number of para-hydroxylation sites is 1. The molecule has 0 aliphatic rings. The van der Waals surface area contributed by atoms with Crippen molar-refractivity contribution in [1.29, 1.82) is 0 Å². The van der Waals surface area contributed by atoms with E-state index in [0.717, 1.165) is 0 Å². The van der Waals surface area contributed by atoms with Crippen LogP contribution in [0, 0.1) is 0 Å². The second-order valence-electron chi connectivity index (χ2n) is 7.40. The molecule has 7 nitrogen and oxygen atoms in total. The minimum atomic E-state index is -3.79. The van der Waals surface area contributed by atoms with Gasteiger partial charge in [-0.25, -0.2) is 8.42 Å². The van der Waals surface area contributed by atoms with Crippen LogP contribution in [0.4, 0.5) is 5.69 Å². The molecule has 0 spiro atoms. The van der Waals surface area contributed by atoms with Gasteiger partial charge in [-0.3, -0.25) is 4.79 Å². The van der Waals surface area contributed by atoms with E-state index in [2.05, 4.69) is 5.32 Å². The van der Waals surface area contributed by atoms with Gasteiger partial charge in [0.2, 0.25) is 10.0 Å². The summed E-state index contributed by atoms with van der Waals surface area (Å²) in [6.07, 6.45) is 0. The topological polar surface area (TPSA) is 84.9 Å². The Labute approximate surface area is 201 Å². The highest BCUT2D eigenvalue weighted by atomic mass is 32.2. The van der Waals surface area contributed by atoms with E-state index in [1.807, 2.05) is 42.5 Å². The summed E-state index contributed by atoms with van der Waals surface area (Å²) in [5.41, 5.74) is 1.52. The fraction of sp³-hybridized carbons (Fsp3) is 0.269. The third kappa shape index (κ3) is 5.95. The Hall–Kier alpha value is -3.36. The normalized spacial score (nSPS) is 11.3. The van der Waals surface area contributed by atoms with Gasteiger partial charge in [0.25, 0.3) is 5.91 Å². The first-order valence-corrected chi connectivity index (χ1v) is 12.7. The first-order valence-electron chi connectivity index (χ1n) is 11.2. The second kappa shape index (κ2) is 11.7. The van der Waals surface area contributed by atoms with E-state index in [4.69, 9.17) is 9.47 Å². The number of anilines is 1. The summed E-state index contributed by atoms with van der Waals surface area (Å²) < 4.78 is 39.1. The van der Waals surface area contributed by atoms with Crippen molar-refractivity contribution in [2.75, 3.05) is 25.0 Å². The third-order valence-corrected chi connectivity index (χ3v) is 7.30. The summed E-state index contributed by atoms with van der Waals surface area (Å²) in [6, 6.07) is 21.1. The molecule has 0 saturated heterocycles. The summed E-state index contributed by atoms with van der Waals surface area (Å²) >= 11 is 0. The number of ether oxygens (including phenoxy) is 2. The Morgan fingerprint density at radius 3 is 2.24 bits per heavy atom. The van der Waals surface area contributed by atoms with Gasteiger partial charge in [0.05, 0.1) is 6.61 Å². The molecule has 1 N–H and O–H groups in total.